The molecule has 8 nitrogen and oxygen atoms in total. The van der Waals surface area contributed by atoms with E-state index >= 15 is 0 Å². The molecule has 0 saturated heterocycles. The molecule has 2 amide bonds. The number of hydrogen-bond acceptors (Lipinski definition) is 6. The van der Waals surface area contributed by atoms with E-state index in [9.17, 15) is 14.4 Å². The van der Waals surface area contributed by atoms with Crippen molar-refractivity contribution in [1.82, 2.24) is 5.43 Å². The lowest BCUT2D eigenvalue weighted by atomic mass is 10.1. The molecule has 4 rings (SSSR count). The molecule has 0 atom stereocenters. The molecule has 0 fully saturated rings. The molecule has 4 aromatic rings. The number of anilines is 1. The Morgan fingerprint density at radius 3 is 2.37 bits per heavy atom. The molecule has 0 unspecified atom stereocenters. The molecule has 0 radical (unpaired) electrons. The minimum absolute atomic E-state index is 0.158. The molecular formula is C31H25Cl2N3O5. The van der Waals surface area contributed by atoms with Gasteiger partial charge in [0, 0.05) is 21.8 Å². The van der Waals surface area contributed by atoms with Crippen molar-refractivity contribution in [3.05, 3.63) is 123 Å². The number of halogens is 2. The van der Waals surface area contributed by atoms with Crippen molar-refractivity contribution in [2.45, 2.75) is 13.8 Å². The number of aryl methyl sites for hydroxylation is 1. The molecule has 2 N–H and O–H groups in total. The molecule has 10 heteroatoms. The lowest BCUT2D eigenvalue weighted by Gasteiger charge is -2.12. The maximum atomic E-state index is 12.7. The molecule has 0 aliphatic carbocycles. The Morgan fingerprint density at radius 2 is 1.63 bits per heavy atom. The van der Waals surface area contributed by atoms with Crippen LogP contribution < -0.4 is 20.2 Å². The number of esters is 1. The fraction of sp³-hybridized carbons (Fsp3) is 0.0968. The van der Waals surface area contributed by atoms with Crippen LogP contribution in [0.3, 0.4) is 0 Å². The van der Waals surface area contributed by atoms with E-state index in [1.807, 2.05) is 19.1 Å². The topological polar surface area (TPSA) is 106 Å². The van der Waals surface area contributed by atoms with Gasteiger partial charge in [-0.3, -0.25) is 9.59 Å². The molecule has 0 aliphatic rings. The molecule has 208 valence electrons. The summed E-state index contributed by atoms with van der Waals surface area (Å²) in [7, 11) is 0. The minimum Gasteiger partial charge on any atom is -0.490 e. The lowest BCUT2D eigenvalue weighted by Crippen LogP contribution is -2.18. The van der Waals surface area contributed by atoms with Crippen LogP contribution in [0.4, 0.5) is 5.69 Å². The van der Waals surface area contributed by atoms with Crippen LogP contribution in [0.1, 0.15) is 49.1 Å². The van der Waals surface area contributed by atoms with Gasteiger partial charge in [-0.05, 0) is 86.1 Å². The van der Waals surface area contributed by atoms with Crippen LogP contribution in [0.25, 0.3) is 0 Å². The maximum Gasteiger partial charge on any atom is 0.345 e. The number of nitrogens with one attached hydrogen (secondary N) is 2. The van der Waals surface area contributed by atoms with E-state index < -0.39 is 11.9 Å². The van der Waals surface area contributed by atoms with Gasteiger partial charge in [-0.1, -0.05) is 47.0 Å². The normalized spacial score (nSPS) is 10.7. The van der Waals surface area contributed by atoms with Crippen LogP contribution in [0, 0.1) is 6.92 Å². The summed E-state index contributed by atoms with van der Waals surface area (Å²) in [4.78, 5) is 37.8. The van der Waals surface area contributed by atoms with E-state index in [2.05, 4.69) is 15.8 Å². The number of carbonyl (C=O) groups is 3. The first-order chi connectivity index (χ1) is 19.7. The van der Waals surface area contributed by atoms with Crippen LogP contribution in [-0.4, -0.2) is 30.6 Å². The van der Waals surface area contributed by atoms with E-state index in [4.69, 9.17) is 32.7 Å². The van der Waals surface area contributed by atoms with Crippen molar-refractivity contribution in [3.63, 3.8) is 0 Å². The predicted molar refractivity (Wildman–Crippen MR) is 160 cm³/mol. The van der Waals surface area contributed by atoms with Gasteiger partial charge in [0.1, 0.15) is 0 Å². The van der Waals surface area contributed by atoms with Crippen LogP contribution in [0.2, 0.25) is 10.0 Å². The van der Waals surface area contributed by atoms with E-state index in [0.717, 1.165) is 5.56 Å². The lowest BCUT2D eigenvalue weighted by molar-refractivity contribution is 0.0728. The van der Waals surface area contributed by atoms with Gasteiger partial charge >= 0.3 is 5.97 Å². The summed E-state index contributed by atoms with van der Waals surface area (Å²) in [5.74, 6) is -0.926. The molecule has 0 aromatic heterocycles. The van der Waals surface area contributed by atoms with Crippen molar-refractivity contribution >= 4 is 52.9 Å². The summed E-state index contributed by atoms with van der Waals surface area (Å²) >= 11 is 12.0. The Morgan fingerprint density at radius 1 is 0.854 bits per heavy atom. The number of hydrogen-bond donors (Lipinski definition) is 2. The number of rotatable bonds is 9. The molecule has 0 aliphatic heterocycles. The number of amides is 2. The molecule has 4 aromatic carbocycles. The van der Waals surface area contributed by atoms with Gasteiger partial charge in [0.25, 0.3) is 11.8 Å². The predicted octanol–water partition coefficient (Wildman–Crippen LogP) is 6.94. The zero-order chi connectivity index (χ0) is 29.4. The fourth-order valence-electron chi connectivity index (χ4n) is 3.64. The van der Waals surface area contributed by atoms with E-state index in [-0.39, 0.29) is 22.2 Å². The number of nitrogens with zero attached hydrogens (tertiary/aromatic N) is 1. The Kier molecular flexibility index (Phi) is 9.73. The first kappa shape index (κ1) is 29.3. The molecule has 0 heterocycles. The SMILES string of the molecule is CCOc1cc(C=NNC(=O)c2cccc(NC(=O)c3ccc(C)cc3)c2)ccc1OC(=O)c1ccc(Cl)cc1Cl. The molecule has 0 saturated carbocycles. The summed E-state index contributed by atoms with van der Waals surface area (Å²) in [5.41, 5.74) is 5.54. The van der Waals surface area contributed by atoms with Crippen molar-refractivity contribution in [2.24, 2.45) is 5.10 Å². The van der Waals surface area contributed by atoms with E-state index in [0.29, 0.717) is 39.8 Å². The molecule has 0 spiro atoms. The maximum absolute atomic E-state index is 12.7. The molecular weight excluding hydrogens is 565 g/mol. The molecule has 0 bridgehead atoms. The monoisotopic (exact) mass is 589 g/mol. The van der Waals surface area contributed by atoms with Crippen molar-refractivity contribution in [3.8, 4) is 11.5 Å². The third-order valence-electron chi connectivity index (χ3n) is 5.70. The van der Waals surface area contributed by atoms with Gasteiger partial charge in [-0.2, -0.15) is 5.10 Å². The van der Waals surface area contributed by atoms with Gasteiger partial charge in [0.2, 0.25) is 0 Å². The fourth-order valence-corrected chi connectivity index (χ4v) is 4.13. The average Bonchev–Trinajstić information content (AvgIpc) is 2.95. The smallest absolute Gasteiger partial charge is 0.345 e. The van der Waals surface area contributed by atoms with Crippen molar-refractivity contribution in [1.29, 1.82) is 0 Å². The highest BCUT2D eigenvalue weighted by molar-refractivity contribution is 6.36. The van der Waals surface area contributed by atoms with Crippen molar-refractivity contribution < 1.29 is 23.9 Å². The second-order valence-electron chi connectivity index (χ2n) is 8.75. The average molecular weight is 590 g/mol. The number of hydrazone groups is 1. The van der Waals surface area contributed by atoms with Gasteiger partial charge < -0.3 is 14.8 Å². The van der Waals surface area contributed by atoms with Gasteiger partial charge in [0.05, 0.1) is 23.4 Å². The largest absolute Gasteiger partial charge is 0.490 e. The first-order valence-corrected chi connectivity index (χ1v) is 13.2. The Balaban J connectivity index is 1.40. The van der Waals surface area contributed by atoms with Crippen LogP contribution in [0.15, 0.2) is 90.0 Å². The highest BCUT2D eigenvalue weighted by Crippen LogP contribution is 2.30. The van der Waals surface area contributed by atoms with Gasteiger partial charge in [0.15, 0.2) is 11.5 Å². The standard InChI is InChI=1S/C31H25Cl2N3O5/c1-3-40-28-15-20(9-14-27(28)41-31(39)25-13-12-23(32)17-26(25)33)18-34-36-30(38)22-5-4-6-24(16-22)35-29(37)21-10-7-19(2)8-11-21/h4-18H,3H2,1-2H3,(H,35,37)(H,36,38). The van der Waals surface area contributed by atoms with E-state index in [1.165, 1.54) is 18.3 Å². The van der Waals surface area contributed by atoms with Crippen LogP contribution in [-0.2, 0) is 0 Å². The summed E-state index contributed by atoms with van der Waals surface area (Å²) in [6.07, 6.45) is 1.42. The number of carbonyl (C=O) groups excluding carboxylic acids is 3. The van der Waals surface area contributed by atoms with Crippen molar-refractivity contribution in [2.75, 3.05) is 11.9 Å². The first-order valence-electron chi connectivity index (χ1n) is 12.5. The second-order valence-corrected chi connectivity index (χ2v) is 9.60. The third-order valence-corrected chi connectivity index (χ3v) is 6.25. The van der Waals surface area contributed by atoms with E-state index in [1.54, 1.807) is 67.6 Å². The van der Waals surface area contributed by atoms with Gasteiger partial charge in [-0.15, -0.1) is 0 Å². The Labute approximate surface area is 246 Å². The zero-order valence-electron chi connectivity index (χ0n) is 22.1. The van der Waals surface area contributed by atoms with Gasteiger partial charge in [-0.25, -0.2) is 10.2 Å². The zero-order valence-corrected chi connectivity index (χ0v) is 23.6. The summed E-state index contributed by atoms with van der Waals surface area (Å²) in [6, 6.07) is 23.0. The number of benzene rings is 4. The molecule has 41 heavy (non-hydrogen) atoms. The summed E-state index contributed by atoms with van der Waals surface area (Å²) in [5, 5.41) is 7.37. The highest BCUT2D eigenvalue weighted by Gasteiger charge is 2.16. The quantitative estimate of drug-likeness (QED) is 0.0952. The summed E-state index contributed by atoms with van der Waals surface area (Å²) < 4.78 is 11.1. The van der Waals surface area contributed by atoms with Crippen LogP contribution >= 0.6 is 23.2 Å². The number of ether oxygens (including phenoxy) is 2. The highest BCUT2D eigenvalue weighted by atomic mass is 35.5. The van der Waals surface area contributed by atoms with Crippen LogP contribution in [0.5, 0.6) is 11.5 Å². The Hall–Kier alpha value is -4.66. The third kappa shape index (κ3) is 7.94. The minimum atomic E-state index is -0.668. The Bertz CT molecular complexity index is 1620. The second kappa shape index (κ2) is 13.6. The summed E-state index contributed by atoms with van der Waals surface area (Å²) in [6.45, 7) is 4.05.